The summed E-state index contributed by atoms with van der Waals surface area (Å²) in [5, 5.41) is 6.80. The molecule has 2 aromatic rings. The molecule has 1 amide bonds. The molecule has 0 spiro atoms. The van der Waals surface area contributed by atoms with Crippen LogP contribution >= 0.6 is 11.6 Å². The number of rotatable bonds is 3. The van der Waals surface area contributed by atoms with E-state index < -0.39 is 5.92 Å². The van der Waals surface area contributed by atoms with Gasteiger partial charge in [-0.1, -0.05) is 36.7 Å². The molecule has 6 heteroatoms. The number of halogens is 1. The molecule has 2 atom stereocenters. The second kappa shape index (κ2) is 8.07. The molecule has 4 rings (SSSR count). The van der Waals surface area contributed by atoms with Crippen molar-refractivity contribution in [3.05, 3.63) is 81.3 Å². The van der Waals surface area contributed by atoms with Crippen molar-refractivity contribution in [3.63, 3.8) is 0 Å². The number of allylic oxidation sites excluding steroid dienone is 3. The Hall–Kier alpha value is -2.92. The summed E-state index contributed by atoms with van der Waals surface area (Å²) in [6.07, 6.45) is 2.96. The SMILES string of the molecule is CC1=C(C(=O)Nc2ccc(C)cn2)[C@H](c2cccc(Cl)c2)C2=C(C[C@@H](C)CC2=O)N1. The third-order valence-electron chi connectivity index (χ3n) is 5.61. The normalized spacial score (nSPS) is 21.3. The van der Waals surface area contributed by atoms with Gasteiger partial charge in [0.2, 0.25) is 0 Å². The Labute approximate surface area is 181 Å². The van der Waals surface area contributed by atoms with Crippen LogP contribution in [0, 0.1) is 12.8 Å². The Bertz CT molecular complexity index is 1090. The summed E-state index contributed by atoms with van der Waals surface area (Å²) in [5.74, 6) is 0.0694. The van der Waals surface area contributed by atoms with Crippen molar-refractivity contribution in [3.8, 4) is 0 Å². The van der Waals surface area contributed by atoms with E-state index >= 15 is 0 Å². The van der Waals surface area contributed by atoms with Gasteiger partial charge in [0.05, 0.1) is 0 Å². The molecule has 1 aliphatic heterocycles. The molecule has 30 heavy (non-hydrogen) atoms. The minimum Gasteiger partial charge on any atom is -0.362 e. The first-order valence-corrected chi connectivity index (χ1v) is 10.4. The van der Waals surface area contributed by atoms with E-state index in [0.717, 1.165) is 28.9 Å². The Morgan fingerprint density at radius 1 is 1.20 bits per heavy atom. The number of hydrogen-bond acceptors (Lipinski definition) is 4. The van der Waals surface area contributed by atoms with Gasteiger partial charge in [0.1, 0.15) is 5.82 Å². The molecule has 1 aliphatic carbocycles. The molecule has 1 aromatic carbocycles. The Balaban J connectivity index is 1.79. The molecule has 0 saturated carbocycles. The summed E-state index contributed by atoms with van der Waals surface area (Å²) in [6, 6.07) is 11.1. The minimum absolute atomic E-state index is 0.0764. The van der Waals surface area contributed by atoms with Crippen molar-refractivity contribution in [1.82, 2.24) is 10.3 Å². The highest BCUT2D eigenvalue weighted by Gasteiger charge is 2.39. The number of ketones is 1. The molecule has 2 aliphatic rings. The van der Waals surface area contributed by atoms with Gasteiger partial charge in [0.25, 0.3) is 5.91 Å². The number of Topliss-reactive ketones (excluding diaryl/α,β-unsaturated/α-hetero) is 1. The second-order valence-corrected chi connectivity index (χ2v) is 8.59. The van der Waals surface area contributed by atoms with Gasteiger partial charge in [-0.3, -0.25) is 9.59 Å². The fourth-order valence-electron chi connectivity index (χ4n) is 4.28. The molecule has 2 N–H and O–H groups in total. The lowest BCUT2D eigenvalue weighted by Gasteiger charge is -2.36. The topological polar surface area (TPSA) is 71.1 Å². The molecule has 154 valence electrons. The first-order valence-electron chi connectivity index (χ1n) is 10.1. The van der Waals surface area contributed by atoms with E-state index in [1.165, 1.54) is 0 Å². The highest BCUT2D eigenvalue weighted by atomic mass is 35.5. The van der Waals surface area contributed by atoms with Crippen LogP contribution in [0.4, 0.5) is 5.82 Å². The third-order valence-corrected chi connectivity index (χ3v) is 5.85. The lowest BCUT2D eigenvalue weighted by atomic mass is 9.73. The van der Waals surface area contributed by atoms with E-state index in [-0.39, 0.29) is 17.6 Å². The van der Waals surface area contributed by atoms with Gasteiger partial charge in [-0.05, 0) is 55.5 Å². The van der Waals surface area contributed by atoms with E-state index in [4.69, 9.17) is 11.6 Å². The summed E-state index contributed by atoms with van der Waals surface area (Å²) in [7, 11) is 0. The van der Waals surface area contributed by atoms with E-state index in [9.17, 15) is 9.59 Å². The molecular formula is C24H24ClN3O2. The van der Waals surface area contributed by atoms with Crippen LogP contribution in [0.15, 0.2) is 65.1 Å². The number of anilines is 1. The fourth-order valence-corrected chi connectivity index (χ4v) is 4.48. The van der Waals surface area contributed by atoms with E-state index in [0.29, 0.717) is 28.4 Å². The molecule has 0 saturated heterocycles. The Kier molecular flexibility index (Phi) is 5.48. The maximum Gasteiger partial charge on any atom is 0.255 e. The molecule has 0 bridgehead atoms. The predicted molar refractivity (Wildman–Crippen MR) is 118 cm³/mol. The van der Waals surface area contributed by atoms with Crippen LogP contribution in [0.25, 0.3) is 0 Å². The van der Waals surface area contributed by atoms with E-state index in [2.05, 4.69) is 22.5 Å². The summed E-state index contributed by atoms with van der Waals surface area (Å²) >= 11 is 6.26. The second-order valence-electron chi connectivity index (χ2n) is 8.16. The Morgan fingerprint density at radius 3 is 2.70 bits per heavy atom. The third kappa shape index (κ3) is 3.90. The predicted octanol–water partition coefficient (Wildman–Crippen LogP) is 4.90. The van der Waals surface area contributed by atoms with Crippen molar-refractivity contribution < 1.29 is 9.59 Å². The molecule has 2 heterocycles. The minimum atomic E-state index is -0.467. The first-order chi connectivity index (χ1) is 14.3. The maximum absolute atomic E-state index is 13.4. The number of hydrogen-bond donors (Lipinski definition) is 2. The van der Waals surface area contributed by atoms with Crippen molar-refractivity contribution >= 4 is 29.1 Å². The van der Waals surface area contributed by atoms with E-state index in [1.807, 2.05) is 38.1 Å². The fraction of sp³-hybridized carbons (Fsp3) is 0.292. The van der Waals surface area contributed by atoms with Crippen molar-refractivity contribution in [2.75, 3.05) is 5.32 Å². The van der Waals surface area contributed by atoms with Crippen LogP contribution in [0.1, 0.15) is 43.7 Å². The monoisotopic (exact) mass is 421 g/mol. The number of amides is 1. The van der Waals surface area contributed by atoms with Gasteiger partial charge >= 0.3 is 0 Å². The number of carbonyl (C=O) groups excluding carboxylic acids is 2. The number of aromatic nitrogens is 1. The molecule has 0 radical (unpaired) electrons. The quantitative estimate of drug-likeness (QED) is 0.739. The highest BCUT2D eigenvalue weighted by Crippen LogP contribution is 2.43. The van der Waals surface area contributed by atoms with Crippen LogP contribution in [0.5, 0.6) is 0 Å². The number of aryl methyl sites for hydroxylation is 1. The highest BCUT2D eigenvalue weighted by molar-refractivity contribution is 6.30. The number of dihydropyridines is 1. The van der Waals surface area contributed by atoms with Gasteiger partial charge in [0, 0.05) is 46.1 Å². The van der Waals surface area contributed by atoms with Crippen LogP contribution in [0.2, 0.25) is 5.02 Å². The summed E-state index contributed by atoms with van der Waals surface area (Å²) < 4.78 is 0. The zero-order valence-electron chi connectivity index (χ0n) is 17.3. The Morgan fingerprint density at radius 2 is 2.00 bits per heavy atom. The van der Waals surface area contributed by atoms with Gasteiger partial charge in [0.15, 0.2) is 5.78 Å². The number of nitrogens with one attached hydrogen (secondary N) is 2. The van der Waals surface area contributed by atoms with Crippen LogP contribution in [-0.4, -0.2) is 16.7 Å². The lowest BCUT2D eigenvalue weighted by molar-refractivity contribution is -0.117. The molecule has 0 fully saturated rings. The van der Waals surface area contributed by atoms with Gasteiger partial charge in [-0.2, -0.15) is 0 Å². The van der Waals surface area contributed by atoms with E-state index in [1.54, 1.807) is 18.3 Å². The average molecular weight is 422 g/mol. The largest absolute Gasteiger partial charge is 0.362 e. The average Bonchev–Trinajstić information content (AvgIpc) is 2.68. The number of nitrogens with zero attached hydrogens (tertiary/aromatic N) is 1. The molecule has 1 aromatic heterocycles. The standard InChI is InChI=1S/C24H24ClN3O2/c1-13-7-8-20(26-12-13)28-24(30)21-15(3)27-18-9-14(2)10-19(29)23(18)22(21)16-5-4-6-17(25)11-16/h4-8,11-12,14,22,27H,9-10H2,1-3H3,(H,26,28,30)/t14-,22+/m1/s1. The smallest absolute Gasteiger partial charge is 0.255 e. The van der Waals surface area contributed by atoms with Crippen LogP contribution in [0.3, 0.4) is 0 Å². The van der Waals surface area contributed by atoms with Gasteiger partial charge in [-0.15, -0.1) is 0 Å². The van der Waals surface area contributed by atoms with Crippen LogP contribution in [-0.2, 0) is 9.59 Å². The van der Waals surface area contributed by atoms with Gasteiger partial charge in [-0.25, -0.2) is 4.98 Å². The first kappa shape index (κ1) is 20.4. The van der Waals surface area contributed by atoms with Crippen molar-refractivity contribution in [2.24, 2.45) is 5.92 Å². The molecule has 0 unspecified atom stereocenters. The zero-order chi connectivity index (χ0) is 21.4. The maximum atomic E-state index is 13.4. The number of benzene rings is 1. The lowest BCUT2D eigenvalue weighted by Crippen LogP contribution is -2.37. The van der Waals surface area contributed by atoms with Crippen molar-refractivity contribution in [2.45, 2.75) is 39.5 Å². The van der Waals surface area contributed by atoms with Crippen molar-refractivity contribution in [1.29, 1.82) is 0 Å². The summed E-state index contributed by atoms with van der Waals surface area (Å²) in [5.41, 5.74) is 4.68. The number of carbonyl (C=O) groups is 2. The van der Waals surface area contributed by atoms with Crippen LogP contribution < -0.4 is 10.6 Å². The number of pyridine rings is 1. The summed E-state index contributed by atoms with van der Waals surface area (Å²) in [6.45, 7) is 5.89. The molecular weight excluding hydrogens is 398 g/mol. The zero-order valence-corrected chi connectivity index (χ0v) is 18.0. The molecule has 5 nitrogen and oxygen atoms in total. The summed E-state index contributed by atoms with van der Waals surface area (Å²) in [4.78, 5) is 30.7. The van der Waals surface area contributed by atoms with Gasteiger partial charge < -0.3 is 10.6 Å².